The molecule has 3 nitrogen and oxygen atoms in total. The van der Waals surface area contributed by atoms with Crippen LogP contribution in [0.1, 0.15) is 58.8 Å². The van der Waals surface area contributed by atoms with E-state index in [1.165, 1.54) is 12.8 Å². The van der Waals surface area contributed by atoms with Crippen molar-refractivity contribution >= 4 is 10.0 Å². The maximum absolute atomic E-state index is 11.8. The van der Waals surface area contributed by atoms with E-state index in [4.69, 9.17) is 0 Å². The van der Waals surface area contributed by atoms with Crippen LogP contribution >= 0.6 is 0 Å². The molecule has 0 aliphatic heterocycles. The first-order valence-electron chi connectivity index (χ1n) is 6.59. The summed E-state index contributed by atoms with van der Waals surface area (Å²) in [6, 6.07) is 0.195. The van der Waals surface area contributed by atoms with E-state index >= 15 is 0 Å². The fourth-order valence-corrected chi connectivity index (χ4v) is 4.03. The average molecular weight is 247 g/mol. The van der Waals surface area contributed by atoms with Gasteiger partial charge in [0.05, 0.1) is 5.75 Å². The van der Waals surface area contributed by atoms with Gasteiger partial charge in [-0.05, 0) is 25.2 Å². The van der Waals surface area contributed by atoms with E-state index in [0.29, 0.717) is 5.92 Å². The molecular weight excluding hydrogens is 222 g/mol. The van der Waals surface area contributed by atoms with Crippen LogP contribution in [0.5, 0.6) is 0 Å². The lowest BCUT2D eigenvalue weighted by atomic mass is 9.83. The van der Waals surface area contributed by atoms with Crippen LogP contribution in [-0.2, 0) is 10.0 Å². The SMILES string of the molecule is CCCCS(=O)(=O)NC1CCCCC1CC. The van der Waals surface area contributed by atoms with Crippen molar-refractivity contribution in [2.24, 2.45) is 5.92 Å². The molecule has 0 amide bonds. The van der Waals surface area contributed by atoms with Gasteiger partial charge in [-0.25, -0.2) is 13.1 Å². The lowest BCUT2D eigenvalue weighted by Gasteiger charge is -2.31. The Morgan fingerprint density at radius 1 is 1.19 bits per heavy atom. The number of nitrogens with one attached hydrogen (secondary N) is 1. The van der Waals surface area contributed by atoms with E-state index in [1.54, 1.807) is 0 Å². The first-order valence-corrected chi connectivity index (χ1v) is 8.24. The Balaban J connectivity index is 2.50. The van der Waals surface area contributed by atoms with Crippen molar-refractivity contribution in [1.82, 2.24) is 4.72 Å². The van der Waals surface area contributed by atoms with Crippen molar-refractivity contribution in [3.8, 4) is 0 Å². The molecule has 2 unspecified atom stereocenters. The van der Waals surface area contributed by atoms with Crippen LogP contribution in [0.4, 0.5) is 0 Å². The van der Waals surface area contributed by atoms with E-state index in [-0.39, 0.29) is 11.8 Å². The fraction of sp³-hybridized carbons (Fsp3) is 1.00. The quantitative estimate of drug-likeness (QED) is 0.784. The summed E-state index contributed by atoms with van der Waals surface area (Å²) in [4.78, 5) is 0. The van der Waals surface area contributed by atoms with Crippen LogP contribution in [0.25, 0.3) is 0 Å². The summed E-state index contributed by atoms with van der Waals surface area (Å²) in [5.74, 6) is 0.835. The summed E-state index contributed by atoms with van der Waals surface area (Å²) in [5, 5.41) is 0. The zero-order valence-corrected chi connectivity index (χ0v) is 11.4. The molecule has 1 saturated carbocycles. The molecule has 1 N–H and O–H groups in total. The van der Waals surface area contributed by atoms with Gasteiger partial charge in [-0.3, -0.25) is 0 Å². The van der Waals surface area contributed by atoms with Crippen LogP contribution in [0.3, 0.4) is 0 Å². The predicted molar refractivity (Wildman–Crippen MR) is 67.9 cm³/mol. The summed E-state index contributed by atoms with van der Waals surface area (Å²) >= 11 is 0. The van der Waals surface area contributed by atoms with Crippen LogP contribution in [-0.4, -0.2) is 20.2 Å². The Morgan fingerprint density at radius 2 is 1.88 bits per heavy atom. The summed E-state index contributed by atoms with van der Waals surface area (Å²) in [6.45, 7) is 4.17. The zero-order chi connectivity index (χ0) is 12.0. The molecule has 0 aromatic carbocycles. The van der Waals surface area contributed by atoms with E-state index in [1.807, 2.05) is 6.92 Å². The van der Waals surface area contributed by atoms with Gasteiger partial charge < -0.3 is 0 Å². The second-order valence-electron chi connectivity index (χ2n) is 4.85. The van der Waals surface area contributed by atoms with Gasteiger partial charge in [0.1, 0.15) is 0 Å². The smallest absolute Gasteiger partial charge is 0.211 e. The molecular formula is C12H25NO2S. The molecule has 96 valence electrons. The summed E-state index contributed by atoms with van der Waals surface area (Å²) in [5.41, 5.74) is 0. The topological polar surface area (TPSA) is 46.2 Å². The Labute approximate surface area is 100 Å². The molecule has 1 fully saturated rings. The second-order valence-corrected chi connectivity index (χ2v) is 6.72. The van der Waals surface area contributed by atoms with Crippen LogP contribution < -0.4 is 4.72 Å². The number of rotatable bonds is 6. The number of sulfonamides is 1. The fourth-order valence-electron chi connectivity index (χ4n) is 2.48. The van der Waals surface area contributed by atoms with E-state index in [2.05, 4.69) is 11.6 Å². The van der Waals surface area contributed by atoms with Crippen molar-refractivity contribution < 1.29 is 8.42 Å². The molecule has 0 aromatic heterocycles. The highest BCUT2D eigenvalue weighted by Crippen LogP contribution is 2.27. The molecule has 1 aliphatic rings. The zero-order valence-electron chi connectivity index (χ0n) is 10.5. The van der Waals surface area contributed by atoms with Gasteiger partial charge in [0.15, 0.2) is 0 Å². The number of hydrogen-bond acceptors (Lipinski definition) is 2. The molecule has 0 bridgehead atoms. The third kappa shape index (κ3) is 4.42. The molecule has 2 atom stereocenters. The summed E-state index contributed by atoms with van der Waals surface area (Å²) in [6.07, 6.45) is 7.40. The van der Waals surface area contributed by atoms with E-state index < -0.39 is 10.0 Å². The van der Waals surface area contributed by atoms with E-state index in [9.17, 15) is 8.42 Å². The Hall–Kier alpha value is -0.0900. The van der Waals surface area contributed by atoms with Gasteiger partial charge in [-0.15, -0.1) is 0 Å². The van der Waals surface area contributed by atoms with Gasteiger partial charge in [-0.2, -0.15) is 0 Å². The monoisotopic (exact) mass is 247 g/mol. The van der Waals surface area contributed by atoms with Crippen molar-refractivity contribution in [3.05, 3.63) is 0 Å². The number of hydrogen-bond donors (Lipinski definition) is 1. The maximum atomic E-state index is 11.8. The highest BCUT2D eigenvalue weighted by Gasteiger charge is 2.27. The summed E-state index contributed by atoms with van der Waals surface area (Å²) in [7, 11) is -3.04. The van der Waals surface area contributed by atoms with Crippen LogP contribution in [0.15, 0.2) is 0 Å². The predicted octanol–water partition coefficient (Wildman–Crippen LogP) is 2.67. The van der Waals surface area contributed by atoms with Crippen LogP contribution in [0, 0.1) is 5.92 Å². The van der Waals surface area contributed by atoms with Gasteiger partial charge in [0, 0.05) is 6.04 Å². The second kappa shape index (κ2) is 6.60. The lowest BCUT2D eigenvalue weighted by Crippen LogP contribution is -2.42. The molecule has 16 heavy (non-hydrogen) atoms. The first-order chi connectivity index (χ1) is 7.59. The van der Waals surface area contributed by atoms with E-state index in [0.717, 1.165) is 32.1 Å². The summed E-state index contributed by atoms with van der Waals surface area (Å²) < 4.78 is 26.5. The van der Waals surface area contributed by atoms with Crippen molar-refractivity contribution in [3.63, 3.8) is 0 Å². The van der Waals surface area contributed by atoms with Crippen molar-refractivity contribution in [1.29, 1.82) is 0 Å². The van der Waals surface area contributed by atoms with Crippen molar-refractivity contribution in [2.75, 3.05) is 5.75 Å². The minimum atomic E-state index is -3.04. The average Bonchev–Trinajstić information content (AvgIpc) is 2.27. The minimum Gasteiger partial charge on any atom is -0.212 e. The molecule has 0 spiro atoms. The Bertz CT molecular complexity index is 287. The highest BCUT2D eigenvalue weighted by molar-refractivity contribution is 7.89. The van der Waals surface area contributed by atoms with Gasteiger partial charge in [0.25, 0.3) is 0 Å². The molecule has 0 saturated heterocycles. The van der Waals surface area contributed by atoms with Gasteiger partial charge in [0.2, 0.25) is 10.0 Å². The first kappa shape index (κ1) is 14.0. The number of unbranched alkanes of at least 4 members (excludes halogenated alkanes) is 1. The third-order valence-corrected chi connectivity index (χ3v) is 5.02. The largest absolute Gasteiger partial charge is 0.212 e. The molecule has 0 radical (unpaired) electrons. The lowest BCUT2D eigenvalue weighted by molar-refractivity contribution is 0.282. The Morgan fingerprint density at radius 3 is 2.50 bits per heavy atom. The highest BCUT2D eigenvalue weighted by atomic mass is 32.2. The Kier molecular flexibility index (Phi) is 5.76. The van der Waals surface area contributed by atoms with Crippen LogP contribution in [0.2, 0.25) is 0 Å². The normalized spacial score (nSPS) is 26.9. The molecule has 0 heterocycles. The minimum absolute atomic E-state index is 0.195. The standard InChI is InChI=1S/C12H25NO2S/c1-3-5-10-16(14,15)13-12-9-7-6-8-11(12)4-2/h11-13H,3-10H2,1-2H3. The van der Waals surface area contributed by atoms with Gasteiger partial charge >= 0.3 is 0 Å². The molecule has 0 aromatic rings. The molecule has 1 aliphatic carbocycles. The van der Waals surface area contributed by atoms with Crippen molar-refractivity contribution in [2.45, 2.75) is 64.8 Å². The third-order valence-electron chi connectivity index (χ3n) is 3.53. The molecule has 4 heteroatoms. The molecule has 1 rings (SSSR count). The van der Waals surface area contributed by atoms with Gasteiger partial charge in [-0.1, -0.05) is 39.5 Å². The maximum Gasteiger partial charge on any atom is 0.211 e.